The second kappa shape index (κ2) is 9.18. The van der Waals surface area contributed by atoms with Crippen molar-refractivity contribution in [2.75, 3.05) is 19.0 Å². The summed E-state index contributed by atoms with van der Waals surface area (Å²) in [6.07, 6.45) is 6.07. The summed E-state index contributed by atoms with van der Waals surface area (Å²) in [6, 6.07) is 11.5. The van der Waals surface area contributed by atoms with Crippen molar-refractivity contribution in [3.8, 4) is 11.5 Å². The first-order chi connectivity index (χ1) is 15.5. The number of hydrogen-bond donors (Lipinski definition) is 2. The molecule has 0 aliphatic carbocycles. The molecule has 7 nitrogen and oxygen atoms in total. The number of ether oxygens (including phenoxy) is 2. The Morgan fingerprint density at radius 2 is 2.09 bits per heavy atom. The van der Waals surface area contributed by atoms with Crippen LogP contribution in [0.5, 0.6) is 11.5 Å². The highest BCUT2D eigenvalue weighted by atomic mass is 16.5. The van der Waals surface area contributed by atoms with Gasteiger partial charge < -0.3 is 24.7 Å². The average Bonchev–Trinajstić information content (AvgIpc) is 3.33. The fourth-order valence-electron chi connectivity index (χ4n) is 3.85. The Kier molecular flexibility index (Phi) is 6.16. The van der Waals surface area contributed by atoms with E-state index in [1.165, 1.54) is 6.08 Å². The van der Waals surface area contributed by atoms with Gasteiger partial charge in [-0.2, -0.15) is 0 Å². The molecule has 4 rings (SSSR count). The maximum Gasteiger partial charge on any atom is 0.248 e. The molecular weight excluding hydrogens is 406 g/mol. The Labute approximate surface area is 187 Å². The second-order valence-electron chi connectivity index (χ2n) is 7.78. The first kappa shape index (κ1) is 21.5. The molecule has 0 saturated heterocycles. The molecule has 2 amide bonds. The quantitative estimate of drug-likeness (QED) is 0.556. The summed E-state index contributed by atoms with van der Waals surface area (Å²) >= 11 is 0. The number of nitrogens with one attached hydrogen (secondary N) is 2. The van der Waals surface area contributed by atoms with E-state index in [4.69, 9.17) is 9.47 Å². The van der Waals surface area contributed by atoms with Gasteiger partial charge in [0.05, 0.1) is 12.1 Å². The maximum atomic E-state index is 12.6. The van der Waals surface area contributed by atoms with E-state index in [-0.39, 0.29) is 24.5 Å². The zero-order chi connectivity index (χ0) is 22.7. The number of amides is 2. The summed E-state index contributed by atoms with van der Waals surface area (Å²) in [5.74, 6) is 1.23. The Morgan fingerprint density at radius 1 is 1.25 bits per heavy atom. The highest BCUT2D eigenvalue weighted by Crippen LogP contribution is 2.35. The summed E-state index contributed by atoms with van der Waals surface area (Å²) < 4.78 is 13.5. The summed E-state index contributed by atoms with van der Waals surface area (Å²) in [6.45, 7) is 4.72. The van der Waals surface area contributed by atoms with E-state index < -0.39 is 0 Å². The van der Waals surface area contributed by atoms with Gasteiger partial charge in [0.2, 0.25) is 11.8 Å². The lowest BCUT2D eigenvalue weighted by Crippen LogP contribution is -2.23. The number of fused-ring (bicyclic) bond motifs is 2. The predicted octanol–water partition coefficient (Wildman–Crippen LogP) is 3.76. The van der Waals surface area contributed by atoms with Crippen LogP contribution in [0.15, 0.2) is 48.7 Å². The van der Waals surface area contributed by atoms with Crippen molar-refractivity contribution in [3.05, 3.63) is 59.8 Å². The third-order valence-electron chi connectivity index (χ3n) is 5.38. The van der Waals surface area contributed by atoms with Crippen LogP contribution in [0.4, 0.5) is 5.69 Å². The van der Waals surface area contributed by atoms with E-state index in [0.29, 0.717) is 12.3 Å². The van der Waals surface area contributed by atoms with Gasteiger partial charge >= 0.3 is 0 Å². The van der Waals surface area contributed by atoms with Crippen molar-refractivity contribution in [2.24, 2.45) is 0 Å². The Balaban J connectivity index is 1.51. The van der Waals surface area contributed by atoms with Gasteiger partial charge in [-0.3, -0.25) is 9.59 Å². The van der Waals surface area contributed by atoms with Crippen molar-refractivity contribution in [1.82, 2.24) is 9.88 Å². The van der Waals surface area contributed by atoms with Crippen LogP contribution in [0.2, 0.25) is 0 Å². The van der Waals surface area contributed by atoms with Gasteiger partial charge in [-0.05, 0) is 55.6 Å². The number of benzene rings is 2. The number of anilines is 1. The summed E-state index contributed by atoms with van der Waals surface area (Å²) in [5, 5.41) is 6.50. The molecule has 0 radical (unpaired) electrons. The fraction of sp³-hybridized carbons (Fsp3) is 0.280. The van der Waals surface area contributed by atoms with E-state index in [0.717, 1.165) is 39.9 Å². The van der Waals surface area contributed by atoms with E-state index in [9.17, 15) is 9.59 Å². The zero-order valence-electron chi connectivity index (χ0n) is 18.5. The van der Waals surface area contributed by atoms with Crippen molar-refractivity contribution < 1.29 is 19.1 Å². The molecule has 1 aliphatic heterocycles. The minimum Gasteiger partial charge on any atom is -0.493 e. The standard InChI is InChI=1S/C25H27N3O4/c1-4-31-22-13-19-11-16(2)32-23(19)12-18(22)6-8-24(29)27-20-7-5-17-9-10-28(21(17)14-20)15-25(30)26-3/h5-10,12-14,16H,4,11,15H2,1-3H3,(H,26,30)(H,27,29)/b8-6-/t16-/m0/s1. The van der Waals surface area contributed by atoms with Crippen LogP contribution in [0.25, 0.3) is 17.0 Å². The SMILES string of the molecule is CCOc1cc2c(cc1/C=C\C(=O)Nc1ccc3ccn(CC(=O)NC)c3c1)O[C@@H](C)C2. The minimum absolute atomic E-state index is 0.0855. The Hall–Kier alpha value is -3.74. The summed E-state index contributed by atoms with van der Waals surface area (Å²) in [4.78, 5) is 24.3. The number of rotatable bonds is 7. The van der Waals surface area contributed by atoms with Crippen LogP contribution in [0.3, 0.4) is 0 Å². The molecule has 2 heterocycles. The lowest BCUT2D eigenvalue weighted by molar-refractivity contribution is -0.121. The predicted molar refractivity (Wildman–Crippen MR) is 125 cm³/mol. The fourth-order valence-corrected chi connectivity index (χ4v) is 3.85. The molecular formula is C25H27N3O4. The average molecular weight is 434 g/mol. The molecule has 2 aromatic carbocycles. The molecule has 0 saturated carbocycles. The number of carbonyl (C=O) groups is 2. The van der Waals surface area contributed by atoms with Gasteiger partial charge in [0, 0.05) is 42.6 Å². The smallest absolute Gasteiger partial charge is 0.248 e. The second-order valence-corrected chi connectivity index (χ2v) is 7.78. The third-order valence-corrected chi connectivity index (χ3v) is 5.38. The molecule has 7 heteroatoms. The van der Waals surface area contributed by atoms with Crippen LogP contribution in [0.1, 0.15) is 25.0 Å². The lowest BCUT2D eigenvalue weighted by atomic mass is 10.1. The topological polar surface area (TPSA) is 81.6 Å². The van der Waals surface area contributed by atoms with Crippen LogP contribution >= 0.6 is 0 Å². The van der Waals surface area contributed by atoms with Gasteiger partial charge in [-0.25, -0.2) is 0 Å². The van der Waals surface area contributed by atoms with Gasteiger partial charge in [0.25, 0.3) is 0 Å². The van der Waals surface area contributed by atoms with Crippen LogP contribution in [-0.4, -0.2) is 36.1 Å². The van der Waals surface area contributed by atoms with Gasteiger partial charge in [0.15, 0.2) is 0 Å². The van der Waals surface area contributed by atoms with Crippen LogP contribution in [0, 0.1) is 0 Å². The molecule has 3 aromatic rings. The molecule has 166 valence electrons. The summed E-state index contributed by atoms with van der Waals surface area (Å²) in [7, 11) is 1.61. The molecule has 32 heavy (non-hydrogen) atoms. The monoisotopic (exact) mass is 433 g/mol. The molecule has 1 atom stereocenters. The summed E-state index contributed by atoms with van der Waals surface area (Å²) in [5.41, 5.74) is 3.44. The normalized spacial score (nSPS) is 14.9. The van der Waals surface area contributed by atoms with Gasteiger partial charge in [-0.15, -0.1) is 0 Å². The highest BCUT2D eigenvalue weighted by molar-refractivity contribution is 6.03. The number of likely N-dealkylation sites (N-methyl/N-ethyl adjacent to an activating group) is 1. The van der Waals surface area contributed by atoms with Crippen LogP contribution < -0.4 is 20.1 Å². The molecule has 2 N–H and O–H groups in total. The zero-order valence-corrected chi connectivity index (χ0v) is 18.5. The minimum atomic E-state index is -0.258. The lowest BCUT2D eigenvalue weighted by Gasteiger charge is -2.10. The van der Waals surface area contributed by atoms with Crippen molar-refractivity contribution in [2.45, 2.75) is 32.9 Å². The molecule has 0 fully saturated rings. The Morgan fingerprint density at radius 3 is 2.88 bits per heavy atom. The van der Waals surface area contributed by atoms with E-state index in [2.05, 4.69) is 10.6 Å². The van der Waals surface area contributed by atoms with Gasteiger partial charge in [0.1, 0.15) is 24.1 Å². The van der Waals surface area contributed by atoms with E-state index >= 15 is 0 Å². The first-order valence-electron chi connectivity index (χ1n) is 10.7. The van der Waals surface area contributed by atoms with Crippen LogP contribution in [-0.2, 0) is 22.6 Å². The van der Waals surface area contributed by atoms with Crippen molar-refractivity contribution >= 4 is 34.5 Å². The van der Waals surface area contributed by atoms with Crippen molar-refractivity contribution in [3.63, 3.8) is 0 Å². The highest BCUT2D eigenvalue weighted by Gasteiger charge is 2.21. The molecule has 0 unspecified atom stereocenters. The number of hydrogen-bond acceptors (Lipinski definition) is 4. The number of nitrogens with zero attached hydrogens (tertiary/aromatic N) is 1. The molecule has 0 bridgehead atoms. The molecule has 0 spiro atoms. The first-order valence-corrected chi connectivity index (χ1v) is 10.7. The number of aromatic nitrogens is 1. The number of carbonyl (C=O) groups excluding carboxylic acids is 2. The third kappa shape index (κ3) is 4.61. The molecule has 1 aromatic heterocycles. The van der Waals surface area contributed by atoms with E-state index in [1.807, 2.05) is 61.0 Å². The molecule has 1 aliphatic rings. The van der Waals surface area contributed by atoms with Gasteiger partial charge in [-0.1, -0.05) is 6.07 Å². The Bertz CT molecular complexity index is 1200. The largest absolute Gasteiger partial charge is 0.493 e. The van der Waals surface area contributed by atoms with Crippen molar-refractivity contribution in [1.29, 1.82) is 0 Å². The maximum absolute atomic E-state index is 12.6. The van der Waals surface area contributed by atoms with E-state index in [1.54, 1.807) is 13.1 Å².